The topological polar surface area (TPSA) is 129 Å². The number of aliphatic hydroxyl groups is 1. The monoisotopic (exact) mass is 571 g/mol. The summed E-state index contributed by atoms with van der Waals surface area (Å²) in [4.78, 5) is 21.5. The molecular weight excluding hydrogens is 530 g/mol. The SMILES string of the molecule is CCCCC(C)(CO)Nc1nc(NCc2ccc(OC)cc2O)nc2cc(-c3ccc(CN4CCCC4)nc3)cnc12. The number of aromatic hydroxyl groups is 1. The van der Waals surface area contributed by atoms with Crippen LogP contribution in [0.5, 0.6) is 11.5 Å². The third-order valence-corrected chi connectivity index (χ3v) is 7.86. The van der Waals surface area contributed by atoms with Crippen LogP contribution >= 0.6 is 0 Å². The summed E-state index contributed by atoms with van der Waals surface area (Å²) in [7, 11) is 1.56. The van der Waals surface area contributed by atoms with E-state index in [0.717, 1.165) is 55.7 Å². The number of phenolic OH excluding ortho intramolecular Hbond substituents is 1. The van der Waals surface area contributed by atoms with Crippen LogP contribution in [-0.2, 0) is 13.1 Å². The third kappa shape index (κ3) is 7.06. The number of phenols is 1. The Hall–Kier alpha value is -4.02. The maximum absolute atomic E-state index is 10.4. The molecule has 10 heteroatoms. The van der Waals surface area contributed by atoms with E-state index >= 15 is 0 Å². The number of aromatic nitrogens is 4. The lowest BCUT2D eigenvalue weighted by Crippen LogP contribution is -2.39. The zero-order valence-electron chi connectivity index (χ0n) is 24.7. The normalized spacial score (nSPS) is 15.0. The minimum Gasteiger partial charge on any atom is -0.507 e. The summed E-state index contributed by atoms with van der Waals surface area (Å²) in [5, 5.41) is 27.4. The number of ether oxygens (including phenoxy) is 1. The maximum atomic E-state index is 10.4. The highest BCUT2D eigenvalue weighted by Crippen LogP contribution is 2.30. The van der Waals surface area contributed by atoms with Gasteiger partial charge in [-0.2, -0.15) is 4.98 Å². The molecule has 222 valence electrons. The number of aliphatic hydroxyl groups excluding tert-OH is 1. The number of nitrogens with zero attached hydrogens (tertiary/aromatic N) is 5. The van der Waals surface area contributed by atoms with Crippen molar-refractivity contribution in [3.05, 3.63) is 60.0 Å². The van der Waals surface area contributed by atoms with Gasteiger partial charge in [0, 0.05) is 48.2 Å². The van der Waals surface area contributed by atoms with Crippen molar-refractivity contribution in [2.75, 3.05) is 37.4 Å². The summed E-state index contributed by atoms with van der Waals surface area (Å²) >= 11 is 0. The molecule has 0 radical (unpaired) electrons. The summed E-state index contributed by atoms with van der Waals surface area (Å²) in [6.45, 7) is 7.53. The van der Waals surface area contributed by atoms with E-state index in [9.17, 15) is 10.2 Å². The van der Waals surface area contributed by atoms with E-state index in [1.54, 1.807) is 25.3 Å². The van der Waals surface area contributed by atoms with Gasteiger partial charge in [0.05, 0.1) is 30.5 Å². The van der Waals surface area contributed by atoms with Crippen LogP contribution in [-0.4, -0.2) is 67.4 Å². The van der Waals surface area contributed by atoms with Crippen molar-refractivity contribution in [2.24, 2.45) is 0 Å². The lowest BCUT2D eigenvalue weighted by atomic mass is 9.96. The first-order valence-corrected chi connectivity index (χ1v) is 14.7. The first-order valence-electron chi connectivity index (χ1n) is 14.7. The number of anilines is 2. The summed E-state index contributed by atoms with van der Waals surface area (Å²) in [5.74, 6) is 1.63. The molecule has 4 aromatic rings. The molecule has 0 aliphatic carbocycles. The van der Waals surface area contributed by atoms with E-state index in [0.29, 0.717) is 40.7 Å². The van der Waals surface area contributed by atoms with Gasteiger partial charge in [-0.15, -0.1) is 0 Å². The Morgan fingerprint density at radius 3 is 2.52 bits per heavy atom. The number of unbranched alkanes of at least 4 members (excludes halogenated alkanes) is 1. The standard InChI is InChI=1S/C32H41N7O3/c1-4-5-12-32(2,21-40)38-30-29-27(36-31(37-30)35-18-23-9-11-26(42-3)16-28(23)41)15-24(19-34-29)22-8-10-25(33-17-22)20-39-13-6-7-14-39/h8-11,15-17,19,40-41H,4-7,12-14,18,20-21H2,1-3H3,(H2,35,36,37,38). The second-order valence-electron chi connectivity index (χ2n) is 11.3. The van der Waals surface area contributed by atoms with Gasteiger partial charge in [0.1, 0.15) is 17.0 Å². The number of rotatable bonds is 13. The summed E-state index contributed by atoms with van der Waals surface area (Å²) < 4.78 is 5.20. The minimum absolute atomic E-state index is 0.0471. The summed E-state index contributed by atoms with van der Waals surface area (Å²) in [6, 6.07) is 11.3. The predicted molar refractivity (Wildman–Crippen MR) is 166 cm³/mol. The predicted octanol–water partition coefficient (Wildman–Crippen LogP) is 5.36. The molecule has 3 aromatic heterocycles. The average Bonchev–Trinajstić information content (AvgIpc) is 3.52. The highest BCUT2D eigenvalue weighted by atomic mass is 16.5. The highest BCUT2D eigenvalue weighted by Gasteiger charge is 2.25. The van der Waals surface area contributed by atoms with Gasteiger partial charge in [-0.25, -0.2) is 4.98 Å². The van der Waals surface area contributed by atoms with Crippen molar-refractivity contribution in [2.45, 2.75) is 64.6 Å². The van der Waals surface area contributed by atoms with Crippen LogP contribution in [0.25, 0.3) is 22.2 Å². The average molecular weight is 572 g/mol. The molecule has 42 heavy (non-hydrogen) atoms. The molecule has 0 spiro atoms. The van der Waals surface area contributed by atoms with Crippen LogP contribution in [0.4, 0.5) is 11.8 Å². The number of methoxy groups -OCH3 is 1. The number of likely N-dealkylation sites (tertiary alicyclic amines) is 1. The van der Waals surface area contributed by atoms with Crippen molar-refractivity contribution in [1.82, 2.24) is 24.8 Å². The van der Waals surface area contributed by atoms with Crippen LogP contribution in [0.15, 0.2) is 48.8 Å². The number of hydrogen-bond acceptors (Lipinski definition) is 10. The Balaban J connectivity index is 1.45. The minimum atomic E-state index is -0.571. The molecule has 5 rings (SSSR count). The van der Waals surface area contributed by atoms with Crippen molar-refractivity contribution >= 4 is 22.8 Å². The van der Waals surface area contributed by atoms with E-state index in [1.807, 2.05) is 25.4 Å². The Morgan fingerprint density at radius 2 is 1.83 bits per heavy atom. The molecule has 4 heterocycles. The van der Waals surface area contributed by atoms with Gasteiger partial charge in [-0.05, 0) is 63.5 Å². The highest BCUT2D eigenvalue weighted by molar-refractivity contribution is 5.89. The van der Waals surface area contributed by atoms with E-state index in [4.69, 9.17) is 24.7 Å². The van der Waals surface area contributed by atoms with Crippen molar-refractivity contribution in [3.63, 3.8) is 0 Å². The number of benzene rings is 1. The maximum Gasteiger partial charge on any atom is 0.225 e. The van der Waals surface area contributed by atoms with Crippen LogP contribution in [0, 0.1) is 0 Å². The first-order chi connectivity index (χ1) is 20.4. The second-order valence-corrected chi connectivity index (χ2v) is 11.3. The molecule has 1 fully saturated rings. The molecule has 4 N–H and O–H groups in total. The van der Waals surface area contributed by atoms with Crippen molar-refractivity contribution < 1.29 is 14.9 Å². The quantitative estimate of drug-likeness (QED) is 0.166. The zero-order chi connectivity index (χ0) is 29.5. The molecule has 0 amide bonds. The van der Waals surface area contributed by atoms with Gasteiger partial charge < -0.3 is 25.6 Å². The molecule has 1 atom stereocenters. The molecule has 1 aromatic carbocycles. The lowest BCUT2D eigenvalue weighted by Gasteiger charge is -2.29. The first kappa shape index (κ1) is 29.5. The Kier molecular flexibility index (Phi) is 9.34. The molecule has 1 aliphatic rings. The van der Waals surface area contributed by atoms with E-state index in [1.165, 1.54) is 12.8 Å². The zero-order valence-corrected chi connectivity index (χ0v) is 24.7. The molecule has 1 unspecified atom stereocenters. The second kappa shape index (κ2) is 13.3. The van der Waals surface area contributed by atoms with Gasteiger partial charge in [0.2, 0.25) is 5.95 Å². The Morgan fingerprint density at radius 1 is 1.02 bits per heavy atom. The molecular formula is C32H41N7O3. The van der Waals surface area contributed by atoms with Gasteiger partial charge in [0.15, 0.2) is 5.82 Å². The van der Waals surface area contributed by atoms with E-state index < -0.39 is 5.54 Å². The third-order valence-electron chi connectivity index (χ3n) is 7.86. The summed E-state index contributed by atoms with van der Waals surface area (Å²) in [6.07, 6.45) is 9.00. The Bertz CT molecular complexity index is 1490. The Labute approximate surface area is 247 Å². The smallest absolute Gasteiger partial charge is 0.225 e. The molecule has 1 aliphatic heterocycles. The number of pyridine rings is 2. The van der Waals surface area contributed by atoms with Gasteiger partial charge >= 0.3 is 0 Å². The molecule has 1 saturated heterocycles. The summed E-state index contributed by atoms with van der Waals surface area (Å²) in [5.41, 5.74) is 4.31. The van der Waals surface area contributed by atoms with Crippen molar-refractivity contribution in [1.29, 1.82) is 0 Å². The fraction of sp³-hybridized carbons (Fsp3) is 0.438. The molecule has 0 bridgehead atoms. The largest absolute Gasteiger partial charge is 0.507 e. The van der Waals surface area contributed by atoms with Crippen LogP contribution in [0.2, 0.25) is 0 Å². The number of hydrogen-bond donors (Lipinski definition) is 4. The van der Waals surface area contributed by atoms with Crippen LogP contribution in [0.1, 0.15) is 57.2 Å². The van der Waals surface area contributed by atoms with E-state index in [-0.39, 0.29) is 12.4 Å². The number of fused-ring (bicyclic) bond motifs is 1. The molecule has 10 nitrogen and oxygen atoms in total. The van der Waals surface area contributed by atoms with Gasteiger partial charge in [0.25, 0.3) is 0 Å². The van der Waals surface area contributed by atoms with Crippen LogP contribution < -0.4 is 15.4 Å². The van der Waals surface area contributed by atoms with Gasteiger partial charge in [-0.1, -0.05) is 25.8 Å². The number of nitrogens with one attached hydrogen (secondary N) is 2. The fourth-order valence-corrected chi connectivity index (χ4v) is 5.23. The van der Waals surface area contributed by atoms with Crippen molar-refractivity contribution in [3.8, 4) is 22.6 Å². The van der Waals surface area contributed by atoms with E-state index in [2.05, 4.69) is 34.6 Å². The van der Waals surface area contributed by atoms with Crippen LogP contribution in [0.3, 0.4) is 0 Å². The fourth-order valence-electron chi connectivity index (χ4n) is 5.23. The molecule has 0 saturated carbocycles. The van der Waals surface area contributed by atoms with Gasteiger partial charge in [-0.3, -0.25) is 14.9 Å². The lowest BCUT2D eigenvalue weighted by molar-refractivity contribution is 0.212.